The molecule has 0 saturated heterocycles. The van der Waals surface area contributed by atoms with Gasteiger partial charge in [-0.2, -0.15) is 4.98 Å². The van der Waals surface area contributed by atoms with Crippen LogP contribution in [-0.4, -0.2) is 23.9 Å². The van der Waals surface area contributed by atoms with Crippen LogP contribution in [-0.2, 0) is 11.2 Å². The van der Waals surface area contributed by atoms with E-state index in [-0.39, 0.29) is 17.5 Å². The fourth-order valence-electron chi connectivity index (χ4n) is 1.92. The molecule has 0 aliphatic heterocycles. The second kappa shape index (κ2) is 7.49. The summed E-state index contributed by atoms with van der Waals surface area (Å²) in [5.74, 6) is 0.270. The molecule has 2 aromatic rings. The first kappa shape index (κ1) is 15.9. The lowest BCUT2D eigenvalue weighted by atomic mass is 10.1. The number of ether oxygens (including phenoxy) is 1. The highest BCUT2D eigenvalue weighted by atomic mass is 35.5. The molecule has 1 heterocycles. The normalized spacial score (nSPS) is 12.6. The predicted octanol–water partition coefficient (Wildman–Crippen LogP) is 2.88. The lowest BCUT2D eigenvalue weighted by Gasteiger charge is -2.05. The van der Waals surface area contributed by atoms with Crippen LogP contribution in [0.2, 0.25) is 5.02 Å². The third-order valence-electron chi connectivity index (χ3n) is 3.04. The van der Waals surface area contributed by atoms with Crippen molar-refractivity contribution in [1.29, 1.82) is 0 Å². The van der Waals surface area contributed by atoms with Crippen LogP contribution >= 0.6 is 11.6 Å². The van der Waals surface area contributed by atoms with Gasteiger partial charge in [0.15, 0.2) is 5.82 Å². The van der Waals surface area contributed by atoms with Crippen LogP contribution in [0.25, 0.3) is 0 Å². The zero-order chi connectivity index (χ0) is 15.2. The Labute approximate surface area is 127 Å². The lowest BCUT2D eigenvalue weighted by Crippen LogP contribution is -2.11. The van der Waals surface area contributed by atoms with E-state index in [9.17, 15) is 4.39 Å². The van der Waals surface area contributed by atoms with Gasteiger partial charge < -0.3 is 15.0 Å². The molecule has 0 fully saturated rings. The van der Waals surface area contributed by atoms with Gasteiger partial charge >= 0.3 is 0 Å². The van der Waals surface area contributed by atoms with E-state index in [1.54, 1.807) is 19.2 Å². The molecule has 0 amide bonds. The van der Waals surface area contributed by atoms with Crippen molar-refractivity contribution in [2.45, 2.75) is 25.3 Å². The Balaban J connectivity index is 2.01. The topological polar surface area (TPSA) is 74.2 Å². The summed E-state index contributed by atoms with van der Waals surface area (Å²) >= 11 is 5.74. The summed E-state index contributed by atoms with van der Waals surface area (Å²) in [6, 6.07) is 4.47. The van der Waals surface area contributed by atoms with E-state index < -0.39 is 5.82 Å². The molecule has 1 atom stereocenters. The molecule has 7 heteroatoms. The Bertz CT molecular complexity index is 591. The molecule has 0 saturated carbocycles. The summed E-state index contributed by atoms with van der Waals surface area (Å²) in [6.07, 6.45) is 1.69. The highest BCUT2D eigenvalue weighted by Crippen LogP contribution is 2.20. The summed E-state index contributed by atoms with van der Waals surface area (Å²) in [5.41, 5.74) is 6.37. The molecule has 1 unspecified atom stereocenters. The molecule has 5 nitrogen and oxygen atoms in total. The number of rotatable bonds is 7. The van der Waals surface area contributed by atoms with Crippen LogP contribution in [0, 0.1) is 5.82 Å². The molecule has 0 bridgehead atoms. The van der Waals surface area contributed by atoms with Crippen molar-refractivity contribution in [1.82, 2.24) is 10.1 Å². The van der Waals surface area contributed by atoms with Gasteiger partial charge in [0, 0.05) is 20.1 Å². The van der Waals surface area contributed by atoms with Gasteiger partial charge in [-0.25, -0.2) is 4.39 Å². The number of hydrogen-bond acceptors (Lipinski definition) is 5. The molecule has 2 rings (SSSR count). The summed E-state index contributed by atoms with van der Waals surface area (Å²) in [4.78, 5) is 4.20. The van der Waals surface area contributed by atoms with Crippen molar-refractivity contribution < 1.29 is 13.7 Å². The molecule has 2 N–H and O–H groups in total. The number of halogens is 2. The molecular formula is C14H17ClFN3O2. The first-order chi connectivity index (χ1) is 10.1. The number of nitrogens with zero attached hydrogens (tertiary/aromatic N) is 2. The average molecular weight is 314 g/mol. The van der Waals surface area contributed by atoms with Crippen molar-refractivity contribution in [3.8, 4) is 0 Å². The summed E-state index contributed by atoms with van der Waals surface area (Å²) in [6.45, 7) is 0.627. The molecule has 1 aromatic heterocycles. The van der Waals surface area contributed by atoms with Crippen LogP contribution in [0.5, 0.6) is 0 Å². The zero-order valence-electron chi connectivity index (χ0n) is 11.7. The van der Waals surface area contributed by atoms with Gasteiger partial charge in [-0.05, 0) is 24.5 Å². The third kappa shape index (κ3) is 4.23. The molecule has 21 heavy (non-hydrogen) atoms. The number of benzene rings is 1. The molecular weight excluding hydrogens is 297 g/mol. The fraction of sp³-hybridized carbons (Fsp3) is 0.429. The molecule has 0 aliphatic carbocycles. The quantitative estimate of drug-likeness (QED) is 0.796. The van der Waals surface area contributed by atoms with E-state index in [1.807, 2.05) is 0 Å². The van der Waals surface area contributed by atoms with Gasteiger partial charge in [-0.15, -0.1) is 0 Å². The summed E-state index contributed by atoms with van der Waals surface area (Å²) in [5, 5.41) is 3.90. The van der Waals surface area contributed by atoms with E-state index in [4.69, 9.17) is 26.6 Å². The minimum Gasteiger partial charge on any atom is -0.385 e. The Morgan fingerprint density at radius 3 is 3.05 bits per heavy atom. The van der Waals surface area contributed by atoms with E-state index >= 15 is 0 Å². The van der Waals surface area contributed by atoms with E-state index in [0.717, 1.165) is 6.42 Å². The van der Waals surface area contributed by atoms with Gasteiger partial charge in [0.25, 0.3) is 0 Å². The van der Waals surface area contributed by atoms with Crippen molar-refractivity contribution in [2.24, 2.45) is 5.73 Å². The second-order valence-corrected chi connectivity index (χ2v) is 5.09. The summed E-state index contributed by atoms with van der Waals surface area (Å²) < 4.78 is 23.9. The van der Waals surface area contributed by atoms with E-state index in [2.05, 4.69) is 10.1 Å². The van der Waals surface area contributed by atoms with Crippen molar-refractivity contribution >= 4 is 11.6 Å². The van der Waals surface area contributed by atoms with Crippen molar-refractivity contribution in [3.63, 3.8) is 0 Å². The van der Waals surface area contributed by atoms with Crippen molar-refractivity contribution in [2.75, 3.05) is 13.7 Å². The molecule has 1 aromatic carbocycles. The molecule has 0 radical (unpaired) electrons. The van der Waals surface area contributed by atoms with Crippen LogP contribution in [0.4, 0.5) is 4.39 Å². The molecule has 0 aliphatic rings. The zero-order valence-corrected chi connectivity index (χ0v) is 12.4. The smallest absolute Gasteiger partial charge is 0.243 e. The van der Waals surface area contributed by atoms with E-state index in [1.165, 1.54) is 6.07 Å². The monoisotopic (exact) mass is 313 g/mol. The first-order valence-electron chi connectivity index (χ1n) is 6.61. The number of hydrogen-bond donors (Lipinski definition) is 1. The maximum Gasteiger partial charge on any atom is 0.243 e. The van der Waals surface area contributed by atoms with Gasteiger partial charge in [0.1, 0.15) is 5.82 Å². The Morgan fingerprint density at radius 2 is 2.29 bits per heavy atom. The van der Waals surface area contributed by atoms with E-state index in [0.29, 0.717) is 30.3 Å². The van der Waals surface area contributed by atoms with Gasteiger partial charge in [-0.1, -0.05) is 28.9 Å². The highest BCUT2D eigenvalue weighted by Gasteiger charge is 2.16. The fourth-order valence-corrected chi connectivity index (χ4v) is 2.11. The Kier molecular flexibility index (Phi) is 5.67. The van der Waals surface area contributed by atoms with Gasteiger partial charge in [0.2, 0.25) is 5.89 Å². The number of methoxy groups -OCH3 is 1. The predicted molar refractivity (Wildman–Crippen MR) is 76.6 cm³/mol. The lowest BCUT2D eigenvalue weighted by molar-refractivity contribution is 0.188. The second-order valence-electron chi connectivity index (χ2n) is 4.68. The van der Waals surface area contributed by atoms with Gasteiger partial charge in [-0.3, -0.25) is 0 Å². The standard InChI is InChI=1S/C14H17ClFN3O2/c1-20-7-3-6-11(17)14-18-12(19-21-14)8-9-4-2-5-10(15)13(9)16/h2,4-5,11H,3,6-8,17H2,1H3. The number of aromatic nitrogens is 2. The van der Waals surface area contributed by atoms with Crippen LogP contribution in [0.3, 0.4) is 0 Å². The maximum atomic E-state index is 13.8. The third-order valence-corrected chi connectivity index (χ3v) is 3.34. The molecule has 0 spiro atoms. The largest absolute Gasteiger partial charge is 0.385 e. The maximum absolute atomic E-state index is 13.8. The minimum atomic E-state index is -0.463. The Morgan fingerprint density at radius 1 is 1.48 bits per heavy atom. The number of nitrogens with two attached hydrogens (primary N) is 1. The minimum absolute atomic E-state index is 0.0764. The summed E-state index contributed by atoms with van der Waals surface area (Å²) in [7, 11) is 1.63. The van der Waals surface area contributed by atoms with Crippen molar-refractivity contribution in [3.05, 3.63) is 46.3 Å². The molecule has 114 valence electrons. The highest BCUT2D eigenvalue weighted by molar-refractivity contribution is 6.30. The first-order valence-corrected chi connectivity index (χ1v) is 6.99. The Hall–Kier alpha value is -1.50. The van der Waals surface area contributed by atoms with Crippen LogP contribution in [0.15, 0.2) is 22.7 Å². The van der Waals surface area contributed by atoms with Crippen LogP contribution in [0.1, 0.15) is 36.2 Å². The van der Waals surface area contributed by atoms with Gasteiger partial charge in [0.05, 0.1) is 11.1 Å². The average Bonchev–Trinajstić information content (AvgIpc) is 2.93. The SMILES string of the molecule is COCCCC(N)c1nc(Cc2cccc(Cl)c2F)no1. The van der Waals surface area contributed by atoms with Crippen LogP contribution < -0.4 is 5.73 Å².